The number of anilines is 4. The molecule has 3 saturated heterocycles. The highest BCUT2D eigenvalue weighted by molar-refractivity contribution is 6.00. The summed E-state index contributed by atoms with van der Waals surface area (Å²) in [6.45, 7) is 8.58. The number of urea groups is 1. The first kappa shape index (κ1) is 26.7. The van der Waals surface area contributed by atoms with E-state index in [4.69, 9.17) is 14.7 Å². The molecule has 0 spiro atoms. The third-order valence-corrected chi connectivity index (χ3v) is 8.51. The van der Waals surface area contributed by atoms with Gasteiger partial charge in [0.1, 0.15) is 5.82 Å². The van der Waals surface area contributed by atoms with Crippen molar-refractivity contribution >= 4 is 39.9 Å². The van der Waals surface area contributed by atoms with E-state index in [1.807, 2.05) is 47.3 Å². The summed E-state index contributed by atoms with van der Waals surface area (Å²) in [4.78, 5) is 29.7. The van der Waals surface area contributed by atoms with Gasteiger partial charge in [-0.25, -0.2) is 19.4 Å². The minimum absolute atomic E-state index is 0.254. The third kappa shape index (κ3) is 5.37. The molecule has 2 aromatic heterocycles. The van der Waals surface area contributed by atoms with Crippen LogP contribution in [-0.4, -0.2) is 89.2 Å². The Morgan fingerprint density at radius 2 is 1.52 bits per heavy atom. The van der Waals surface area contributed by atoms with Crippen molar-refractivity contribution in [2.24, 2.45) is 0 Å². The van der Waals surface area contributed by atoms with E-state index >= 15 is 0 Å². The van der Waals surface area contributed by atoms with Gasteiger partial charge in [-0.05, 0) is 75.3 Å². The van der Waals surface area contributed by atoms with Crippen LogP contribution in [0.5, 0.6) is 0 Å². The van der Waals surface area contributed by atoms with E-state index in [0.29, 0.717) is 11.5 Å². The molecule has 2 atom stereocenters. The lowest BCUT2D eigenvalue weighted by molar-refractivity contribution is 0.0303. The Morgan fingerprint density at radius 1 is 0.881 bits per heavy atom. The standard InChI is InChI=1S/C31H37N9O2/c1-3-40-30-27(18-32-40)29(39-19-25-12-13-26(20-39)42-25)35-28(36-30)21-4-6-22(7-5-21)33-31(41)34-23-8-10-24(11-9-23)38-16-14-37(2)15-17-38/h4-11,18,25-26H,3,12-17,19-20H2,1-2H3,(H2,33,34,41). The number of nitrogens with zero attached hydrogens (tertiary/aromatic N) is 7. The molecule has 2 unspecified atom stereocenters. The van der Waals surface area contributed by atoms with Gasteiger partial charge in [0.15, 0.2) is 11.5 Å². The maximum absolute atomic E-state index is 12.7. The minimum atomic E-state index is -0.288. The Kier molecular flexibility index (Phi) is 7.12. The molecule has 42 heavy (non-hydrogen) atoms. The summed E-state index contributed by atoms with van der Waals surface area (Å²) in [6.07, 6.45) is 4.58. The van der Waals surface area contributed by atoms with Gasteiger partial charge < -0.3 is 30.1 Å². The molecule has 0 aliphatic carbocycles. The van der Waals surface area contributed by atoms with Crippen molar-refractivity contribution in [3.05, 3.63) is 54.7 Å². The second-order valence-electron chi connectivity index (χ2n) is 11.4. The largest absolute Gasteiger partial charge is 0.371 e. The van der Waals surface area contributed by atoms with Gasteiger partial charge in [0, 0.05) is 68.4 Å². The summed E-state index contributed by atoms with van der Waals surface area (Å²) >= 11 is 0. The van der Waals surface area contributed by atoms with E-state index in [9.17, 15) is 4.79 Å². The summed E-state index contributed by atoms with van der Waals surface area (Å²) < 4.78 is 7.98. The fourth-order valence-electron chi connectivity index (χ4n) is 6.15. The van der Waals surface area contributed by atoms with Crippen LogP contribution in [0.15, 0.2) is 54.7 Å². The number of fused-ring (bicyclic) bond motifs is 3. The zero-order valence-electron chi connectivity index (χ0n) is 24.2. The van der Waals surface area contributed by atoms with E-state index in [2.05, 4.69) is 56.5 Å². The number of nitrogens with one attached hydrogen (secondary N) is 2. The number of carbonyl (C=O) groups excluding carboxylic acids is 1. The summed E-state index contributed by atoms with van der Waals surface area (Å²) in [5, 5.41) is 11.4. The predicted octanol–water partition coefficient (Wildman–Crippen LogP) is 4.28. The van der Waals surface area contributed by atoms with Gasteiger partial charge in [-0.2, -0.15) is 5.10 Å². The Balaban J connectivity index is 1.05. The molecule has 2 N–H and O–H groups in total. The SMILES string of the molecule is CCn1ncc2c(N3CC4CCC(C3)O4)nc(-c3ccc(NC(=O)Nc4ccc(N5CCN(C)CC5)cc4)cc3)nc21. The summed E-state index contributed by atoms with van der Waals surface area (Å²) in [6, 6.07) is 15.4. The number of carbonyl (C=O) groups is 1. The number of hydrogen-bond acceptors (Lipinski definition) is 8. The molecule has 5 heterocycles. The topological polar surface area (TPSA) is 104 Å². The lowest BCUT2D eigenvalue weighted by Crippen LogP contribution is -2.44. The Hall–Kier alpha value is -4.22. The number of hydrogen-bond donors (Lipinski definition) is 2. The second-order valence-corrected chi connectivity index (χ2v) is 11.4. The number of ether oxygens (including phenoxy) is 1. The van der Waals surface area contributed by atoms with Gasteiger partial charge in [-0.1, -0.05) is 0 Å². The van der Waals surface area contributed by atoms with Gasteiger partial charge in [-0.15, -0.1) is 0 Å². The molecule has 4 aromatic rings. The lowest BCUT2D eigenvalue weighted by Gasteiger charge is -2.34. The molecular weight excluding hydrogens is 530 g/mol. The number of aromatic nitrogens is 4. The van der Waals surface area contributed by atoms with Gasteiger partial charge >= 0.3 is 6.03 Å². The molecule has 2 amide bonds. The van der Waals surface area contributed by atoms with Crippen molar-refractivity contribution in [1.82, 2.24) is 24.6 Å². The van der Waals surface area contributed by atoms with Gasteiger partial charge in [0.25, 0.3) is 0 Å². The Labute approximate surface area is 245 Å². The van der Waals surface area contributed by atoms with Crippen LogP contribution >= 0.6 is 0 Å². The average Bonchev–Trinajstić information content (AvgIpc) is 3.59. The van der Waals surface area contributed by atoms with E-state index < -0.39 is 0 Å². The molecule has 11 nitrogen and oxygen atoms in total. The van der Waals surface area contributed by atoms with Crippen molar-refractivity contribution in [1.29, 1.82) is 0 Å². The Bertz CT molecular complexity index is 1550. The van der Waals surface area contributed by atoms with Crippen LogP contribution in [0.3, 0.4) is 0 Å². The minimum Gasteiger partial charge on any atom is -0.371 e. The molecular formula is C31H37N9O2. The van der Waals surface area contributed by atoms with E-state index in [1.54, 1.807) is 0 Å². The summed E-state index contributed by atoms with van der Waals surface area (Å²) in [5.41, 5.74) is 4.33. The van der Waals surface area contributed by atoms with Crippen molar-refractivity contribution in [3.8, 4) is 11.4 Å². The molecule has 0 radical (unpaired) electrons. The predicted molar refractivity (Wildman–Crippen MR) is 165 cm³/mol. The van der Waals surface area contributed by atoms with Crippen LogP contribution in [0.2, 0.25) is 0 Å². The van der Waals surface area contributed by atoms with Crippen molar-refractivity contribution in [3.63, 3.8) is 0 Å². The normalized spacial score (nSPS) is 20.7. The lowest BCUT2D eigenvalue weighted by atomic mass is 10.2. The smallest absolute Gasteiger partial charge is 0.323 e. The molecule has 2 aromatic carbocycles. The monoisotopic (exact) mass is 567 g/mol. The van der Waals surface area contributed by atoms with Crippen LogP contribution in [-0.2, 0) is 11.3 Å². The molecule has 218 valence electrons. The van der Waals surface area contributed by atoms with Gasteiger partial charge in [-0.3, -0.25) is 0 Å². The molecule has 3 aliphatic rings. The fourth-order valence-corrected chi connectivity index (χ4v) is 6.15. The van der Waals surface area contributed by atoms with Crippen LogP contribution in [0.4, 0.5) is 27.7 Å². The maximum atomic E-state index is 12.7. The van der Waals surface area contributed by atoms with E-state index in [0.717, 1.165) is 86.8 Å². The van der Waals surface area contributed by atoms with E-state index in [1.165, 1.54) is 5.69 Å². The third-order valence-electron chi connectivity index (χ3n) is 8.51. The van der Waals surface area contributed by atoms with Crippen molar-refractivity contribution in [2.75, 3.05) is 66.7 Å². The van der Waals surface area contributed by atoms with Crippen LogP contribution < -0.4 is 20.4 Å². The number of likely N-dealkylation sites (N-methyl/N-ethyl adjacent to an activating group) is 1. The van der Waals surface area contributed by atoms with Crippen molar-refractivity contribution in [2.45, 2.75) is 38.5 Å². The molecule has 2 bridgehead atoms. The van der Waals surface area contributed by atoms with Crippen molar-refractivity contribution < 1.29 is 9.53 Å². The van der Waals surface area contributed by atoms with Gasteiger partial charge in [0.05, 0.1) is 23.8 Å². The highest BCUT2D eigenvalue weighted by Crippen LogP contribution is 2.34. The number of morpholine rings is 1. The number of rotatable bonds is 6. The number of piperazine rings is 1. The summed E-state index contributed by atoms with van der Waals surface area (Å²) in [7, 11) is 2.15. The quantitative estimate of drug-likeness (QED) is 0.356. The summed E-state index contributed by atoms with van der Waals surface area (Å²) in [5.74, 6) is 1.55. The molecule has 7 rings (SSSR count). The first-order valence-corrected chi connectivity index (χ1v) is 14.9. The zero-order valence-corrected chi connectivity index (χ0v) is 24.2. The molecule has 3 aliphatic heterocycles. The maximum Gasteiger partial charge on any atom is 0.323 e. The number of benzene rings is 2. The van der Waals surface area contributed by atoms with E-state index in [-0.39, 0.29) is 18.2 Å². The molecule has 3 fully saturated rings. The van der Waals surface area contributed by atoms with Crippen LogP contribution in [0, 0.1) is 0 Å². The zero-order chi connectivity index (χ0) is 28.6. The average molecular weight is 568 g/mol. The first-order valence-electron chi connectivity index (χ1n) is 14.9. The number of aryl methyl sites for hydroxylation is 1. The highest BCUT2D eigenvalue weighted by atomic mass is 16.5. The highest BCUT2D eigenvalue weighted by Gasteiger charge is 2.35. The van der Waals surface area contributed by atoms with Crippen LogP contribution in [0.1, 0.15) is 19.8 Å². The Morgan fingerprint density at radius 3 is 2.17 bits per heavy atom. The molecule has 0 saturated carbocycles. The first-order chi connectivity index (χ1) is 20.5. The van der Waals surface area contributed by atoms with Crippen LogP contribution in [0.25, 0.3) is 22.4 Å². The fraction of sp³-hybridized carbons (Fsp3) is 0.419. The number of amides is 2. The van der Waals surface area contributed by atoms with Gasteiger partial charge in [0.2, 0.25) is 0 Å². The second kappa shape index (κ2) is 11.2. The molecule has 11 heteroatoms.